The Labute approximate surface area is 72.3 Å². The summed E-state index contributed by atoms with van der Waals surface area (Å²) in [5, 5.41) is 0. The first-order valence-electron chi connectivity index (χ1n) is 3.65. The summed E-state index contributed by atoms with van der Waals surface area (Å²) >= 11 is 3.88. The van der Waals surface area contributed by atoms with Gasteiger partial charge in [-0.15, -0.1) is 0 Å². The molecule has 11 heavy (non-hydrogen) atoms. The van der Waals surface area contributed by atoms with Gasteiger partial charge in [-0.1, -0.05) is 6.92 Å². The molecule has 1 rings (SSSR count). The standard InChI is InChI=1S/C7H13N3S/c1-4-3-9-5(2)6(8)7(4)10-11/h4,6,11H,3,8H2,1-2H3/t4-,6?/m0/s1. The number of thiol groups is 1. The molecule has 0 aromatic heterocycles. The Morgan fingerprint density at radius 3 is 2.82 bits per heavy atom. The molecule has 1 unspecified atom stereocenters. The monoisotopic (exact) mass is 171 g/mol. The van der Waals surface area contributed by atoms with Crippen LogP contribution in [0.15, 0.2) is 9.39 Å². The minimum atomic E-state index is -0.115. The zero-order valence-electron chi connectivity index (χ0n) is 6.78. The first-order valence-corrected chi connectivity index (χ1v) is 4.05. The van der Waals surface area contributed by atoms with Gasteiger partial charge in [-0.25, -0.2) is 4.40 Å². The van der Waals surface area contributed by atoms with Crippen molar-refractivity contribution in [2.75, 3.05) is 6.54 Å². The molecule has 0 radical (unpaired) electrons. The zero-order valence-corrected chi connectivity index (χ0v) is 7.68. The summed E-state index contributed by atoms with van der Waals surface area (Å²) in [4.78, 5) is 4.27. The molecule has 2 N–H and O–H groups in total. The van der Waals surface area contributed by atoms with E-state index in [1.165, 1.54) is 0 Å². The van der Waals surface area contributed by atoms with Crippen molar-refractivity contribution in [1.82, 2.24) is 0 Å². The van der Waals surface area contributed by atoms with Gasteiger partial charge < -0.3 is 5.73 Å². The van der Waals surface area contributed by atoms with E-state index < -0.39 is 0 Å². The molecule has 0 aliphatic carbocycles. The van der Waals surface area contributed by atoms with E-state index in [0.717, 1.165) is 18.0 Å². The van der Waals surface area contributed by atoms with Gasteiger partial charge >= 0.3 is 0 Å². The number of hydrogen-bond acceptors (Lipinski definition) is 4. The Morgan fingerprint density at radius 1 is 1.73 bits per heavy atom. The van der Waals surface area contributed by atoms with Crippen LogP contribution in [0.3, 0.4) is 0 Å². The van der Waals surface area contributed by atoms with E-state index in [1.807, 2.05) is 6.92 Å². The van der Waals surface area contributed by atoms with Gasteiger partial charge in [-0.05, 0) is 19.7 Å². The predicted molar refractivity (Wildman–Crippen MR) is 51.5 cm³/mol. The molecule has 1 aliphatic heterocycles. The molecule has 4 heteroatoms. The second-order valence-corrected chi connectivity index (χ2v) is 3.09. The Bertz CT molecular complexity index is 210. The highest BCUT2D eigenvalue weighted by molar-refractivity contribution is 7.79. The zero-order chi connectivity index (χ0) is 8.43. The van der Waals surface area contributed by atoms with Gasteiger partial charge in [0.1, 0.15) is 0 Å². The van der Waals surface area contributed by atoms with E-state index >= 15 is 0 Å². The lowest BCUT2D eigenvalue weighted by molar-refractivity contribution is 0.737. The van der Waals surface area contributed by atoms with Crippen LogP contribution in [0, 0.1) is 5.92 Å². The fraction of sp³-hybridized carbons (Fsp3) is 0.714. The van der Waals surface area contributed by atoms with Gasteiger partial charge in [-0.3, -0.25) is 4.99 Å². The highest BCUT2D eigenvalue weighted by Gasteiger charge is 2.23. The maximum atomic E-state index is 5.81. The molecule has 0 saturated heterocycles. The third kappa shape index (κ3) is 1.62. The molecular weight excluding hydrogens is 158 g/mol. The van der Waals surface area contributed by atoms with Crippen molar-refractivity contribution in [1.29, 1.82) is 0 Å². The largest absolute Gasteiger partial charge is 0.318 e. The van der Waals surface area contributed by atoms with Crippen LogP contribution in [0.2, 0.25) is 0 Å². The fourth-order valence-electron chi connectivity index (χ4n) is 1.15. The summed E-state index contributed by atoms with van der Waals surface area (Å²) in [6.07, 6.45) is 0. The molecule has 0 aromatic carbocycles. The first-order chi connectivity index (χ1) is 5.16. The SMILES string of the molecule is CC1=NC[C@H](C)C(=NS)C1N. The van der Waals surface area contributed by atoms with E-state index in [2.05, 4.69) is 29.1 Å². The Morgan fingerprint density at radius 2 is 2.36 bits per heavy atom. The molecule has 2 atom stereocenters. The summed E-state index contributed by atoms with van der Waals surface area (Å²) in [5.41, 5.74) is 7.71. The number of hydrogen-bond donors (Lipinski definition) is 2. The van der Waals surface area contributed by atoms with Crippen molar-refractivity contribution in [3.63, 3.8) is 0 Å². The second kappa shape index (κ2) is 3.36. The highest BCUT2D eigenvalue weighted by atomic mass is 32.1. The molecule has 62 valence electrons. The summed E-state index contributed by atoms with van der Waals surface area (Å²) in [7, 11) is 0. The van der Waals surface area contributed by atoms with Crippen LogP contribution in [0.1, 0.15) is 13.8 Å². The molecular formula is C7H13N3S. The van der Waals surface area contributed by atoms with Crippen LogP contribution in [-0.2, 0) is 0 Å². The lowest BCUT2D eigenvalue weighted by Crippen LogP contribution is -2.44. The average molecular weight is 171 g/mol. The Kier molecular flexibility index (Phi) is 2.67. The van der Waals surface area contributed by atoms with Crippen molar-refractivity contribution in [3.05, 3.63) is 0 Å². The molecule has 0 saturated carbocycles. The van der Waals surface area contributed by atoms with Crippen LogP contribution in [0.25, 0.3) is 0 Å². The summed E-state index contributed by atoms with van der Waals surface area (Å²) in [6, 6.07) is -0.115. The van der Waals surface area contributed by atoms with Crippen molar-refractivity contribution >= 4 is 24.2 Å². The van der Waals surface area contributed by atoms with Crippen molar-refractivity contribution < 1.29 is 0 Å². The Hall–Kier alpha value is -0.350. The van der Waals surface area contributed by atoms with Crippen molar-refractivity contribution in [2.45, 2.75) is 19.9 Å². The third-order valence-corrected chi connectivity index (χ3v) is 2.23. The highest BCUT2D eigenvalue weighted by Crippen LogP contribution is 2.11. The second-order valence-electron chi connectivity index (χ2n) is 2.89. The molecule has 1 heterocycles. The van der Waals surface area contributed by atoms with E-state index in [0.29, 0.717) is 5.92 Å². The first kappa shape index (κ1) is 8.74. The van der Waals surface area contributed by atoms with Gasteiger partial charge in [0.05, 0.1) is 11.8 Å². The lowest BCUT2D eigenvalue weighted by Gasteiger charge is -2.23. The summed E-state index contributed by atoms with van der Waals surface area (Å²) in [5.74, 6) is 0.339. The van der Waals surface area contributed by atoms with Crippen LogP contribution < -0.4 is 5.73 Å². The topological polar surface area (TPSA) is 50.7 Å². The molecule has 1 aliphatic rings. The molecule has 0 amide bonds. The molecule has 3 nitrogen and oxygen atoms in total. The number of rotatable bonds is 0. The molecule has 0 aromatic rings. The third-order valence-electron chi connectivity index (χ3n) is 2.00. The predicted octanol–water partition coefficient (Wildman–Crippen LogP) is 0.710. The number of nitrogens with zero attached hydrogens (tertiary/aromatic N) is 2. The normalized spacial score (nSPS) is 35.6. The Balaban J connectivity index is 2.89. The smallest absolute Gasteiger partial charge is 0.0823 e. The van der Waals surface area contributed by atoms with E-state index in [4.69, 9.17) is 5.73 Å². The average Bonchev–Trinajstić information content (AvgIpc) is 1.99. The van der Waals surface area contributed by atoms with Crippen LogP contribution >= 0.6 is 12.8 Å². The van der Waals surface area contributed by atoms with Gasteiger partial charge in [0.25, 0.3) is 0 Å². The summed E-state index contributed by atoms with van der Waals surface area (Å²) in [6.45, 7) is 4.78. The van der Waals surface area contributed by atoms with Gasteiger partial charge in [0.15, 0.2) is 0 Å². The summed E-state index contributed by atoms with van der Waals surface area (Å²) < 4.78 is 3.87. The van der Waals surface area contributed by atoms with Crippen molar-refractivity contribution in [2.24, 2.45) is 21.0 Å². The van der Waals surface area contributed by atoms with E-state index in [9.17, 15) is 0 Å². The van der Waals surface area contributed by atoms with Gasteiger partial charge in [0.2, 0.25) is 0 Å². The molecule has 0 bridgehead atoms. The fourth-order valence-corrected chi connectivity index (χ4v) is 1.48. The number of aliphatic imine (C=N–C) groups is 1. The van der Waals surface area contributed by atoms with Crippen LogP contribution in [-0.4, -0.2) is 24.0 Å². The van der Waals surface area contributed by atoms with Crippen LogP contribution in [0.4, 0.5) is 0 Å². The lowest BCUT2D eigenvalue weighted by atomic mass is 9.94. The van der Waals surface area contributed by atoms with Gasteiger partial charge in [0, 0.05) is 18.2 Å². The minimum absolute atomic E-state index is 0.115. The van der Waals surface area contributed by atoms with Crippen molar-refractivity contribution in [3.8, 4) is 0 Å². The maximum absolute atomic E-state index is 5.81. The van der Waals surface area contributed by atoms with E-state index in [-0.39, 0.29) is 6.04 Å². The number of nitrogens with two attached hydrogens (primary N) is 1. The quantitative estimate of drug-likeness (QED) is 0.518. The molecule has 0 spiro atoms. The van der Waals surface area contributed by atoms with Gasteiger partial charge in [-0.2, -0.15) is 0 Å². The minimum Gasteiger partial charge on any atom is -0.318 e. The maximum Gasteiger partial charge on any atom is 0.0823 e. The molecule has 0 fully saturated rings. The van der Waals surface area contributed by atoms with Crippen LogP contribution in [0.5, 0.6) is 0 Å². The van der Waals surface area contributed by atoms with E-state index in [1.54, 1.807) is 0 Å².